The summed E-state index contributed by atoms with van der Waals surface area (Å²) in [5.74, 6) is -1.15. The minimum absolute atomic E-state index is 0.0218. The lowest BCUT2D eigenvalue weighted by Gasteiger charge is -2.50. The highest BCUT2D eigenvalue weighted by Crippen LogP contribution is 2.50. The van der Waals surface area contributed by atoms with Crippen LogP contribution in [0.2, 0.25) is 0 Å². The quantitative estimate of drug-likeness (QED) is 0.537. The van der Waals surface area contributed by atoms with Crippen LogP contribution in [0.5, 0.6) is 0 Å². The Morgan fingerprint density at radius 1 is 1.03 bits per heavy atom. The number of rotatable bonds is 3. The van der Waals surface area contributed by atoms with Gasteiger partial charge in [0.1, 0.15) is 5.41 Å². The molecule has 162 valence electrons. The van der Waals surface area contributed by atoms with Gasteiger partial charge in [-0.3, -0.25) is 9.59 Å². The Morgan fingerprint density at radius 3 is 2.32 bits per heavy atom. The van der Waals surface area contributed by atoms with Crippen LogP contribution in [0.15, 0.2) is 64.6 Å². The first kappa shape index (κ1) is 21.3. The van der Waals surface area contributed by atoms with E-state index < -0.39 is 33.4 Å². The summed E-state index contributed by atoms with van der Waals surface area (Å²) in [5, 5.41) is 0. The van der Waals surface area contributed by atoms with E-state index in [0.29, 0.717) is 12.0 Å². The van der Waals surface area contributed by atoms with Gasteiger partial charge in [0.25, 0.3) is 15.9 Å². The van der Waals surface area contributed by atoms with Crippen LogP contribution in [0.4, 0.5) is 0 Å². The SMILES string of the molecule is COC(=O)[C@@]12CC(C)=C(C)C[C@@H]1N(S(=O)(=O)c1ccc(C)cc1)C(=O)c1ccccc12. The predicted molar refractivity (Wildman–Crippen MR) is 116 cm³/mol. The number of allylic oxidation sites excluding steroid dienone is 1. The Balaban J connectivity index is 2.03. The summed E-state index contributed by atoms with van der Waals surface area (Å²) in [7, 11) is -2.91. The van der Waals surface area contributed by atoms with Crippen molar-refractivity contribution >= 4 is 21.9 Å². The number of fused-ring (bicyclic) bond motifs is 3. The molecule has 0 bridgehead atoms. The molecule has 0 saturated carbocycles. The average Bonchev–Trinajstić information content (AvgIpc) is 2.75. The molecule has 1 aliphatic carbocycles. The largest absolute Gasteiger partial charge is 0.468 e. The summed E-state index contributed by atoms with van der Waals surface area (Å²) in [5.41, 5.74) is 2.33. The minimum Gasteiger partial charge on any atom is -0.468 e. The summed E-state index contributed by atoms with van der Waals surface area (Å²) >= 11 is 0. The van der Waals surface area contributed by atoms with Crippen LogP contribution in [-0.2, 0) is 25.0 Å². The van der Waals surface area contributed by atoms with Gasteiger partial charge < -0.3 is 4.74 Å². The number of carbonyl (C=O) groups is 2. The van der Waals surface area contributed by atoms with E-state index in [1.54, 1.807) is 36.4 Å². The summed E-state index contributed by atoms with van der Waals surface area (Å²) in [4.78, 5) is 26.9. The maximum atomic E-state index is 13.8. The van der Waals surface area contributed by atoms with Crippen molar-refractivity contribution in [3.63, 3.8) is 0 Å². The van der Waals surface area contributed by atoms with Crippen LogP contribution in [0.25, 0.3) is 0 Å². The predicted octanol–water partition coefficient (Wildman–Crippen LogP) is 3.75. The highest BCUT2D eigenvalue weighted by atomic mass is 32.2. The number of benzene rings is 2. The normalized spacial score (nSPS) is 23.3. The van der Waals surface area contributed by atoms with Gasteiger partial charge in [0.05, 0.1) is 18.0 Å². The van der Waals surface area contributed by atoms with Crippen molar-refractivity contribution in [2.24, 2.45) is 0 Å². The summed E-state index contributed by atoms with van der Waals surface area (Å²) in [6.45, 7) is 5.71. The van der Waals surface area contributed by atoms with Crippen LogP contribution in [0, 0.1) is 6.92 Å². The monoisotopic (exact) mass is 439 g/mol. The molecule has 0 spiro atoms. The van der Waals surface area contributed by atoms with E-state index in [9.17, 15) is 18.0 Å². The lowest BCUT2D eigenvalue weighted by molar-refractivity contribution is -0.150. The van der Waals surface area contributed by atoms with Crippen molar-refractivity contribution in [1.29, 1.82) is 0 Å². The highest BCUT2D eigenvalue weighted by molar-refractivity contribution is 7.89. The van der Waals surface area contributed by atoms with E-state index in [-0.39, 0.29) is 16.9 Å². The molecular weight excluding hydrogens is 414 g/mol. The number of aryl methyl sites for hydroxylation is 1. The first-order valence-electron chi connectivity index (χ1n) is 10.1. The topological polar surface area (TPSA) is 80.8 Å². The second-order valence-electron chi connectivity index (χ2n) is 8.38. The van der Waals surface area contributed by atoms with Crippen LogP contribution in [0.1, 0.15) is 48.2 Å². The molecule has 1 heterocycles. The van der Waals surface area contributed by atoms with Crippen molar-refractivity contribution in [3.05, 3.63) is 76.4 Å². The van der Waals surface area contributed by atoms with Crippen molar-refractivity contribution in [1.82, 2.24) is 4.31 Å². The minimum atomic E-state index is -4.21. The fraction of sp³-hybridized carbons (Fsp3) is 0.333. The number of ether oxygens (including phenoxy) is 1. The fourth-order valence-electron chi connectivity index (χ4n) is 4.80. The lowest BCUT2D eigenvalue weighted by Crippen LogP contribution is -2.63. The molecule has 0 radical (unpaired) electrons. The third-order valence-corrected chi connectivity index (χ3v) is 8.40. The molecule has 0 saturated heterocycles. The van der Waals surface area contributed by atoms with E-state index >= 15 is 0 Å². The number of sulfonamides is 1. The molecule has 2 aromatic carbocycles. The van der Waals surface area contributed by atoms with Crippen LogP contribution < -0.4 is 0 Å². The summed E-state index contributed by atoms with van der Waals surface area (Å²) in [6, 6.07) is 12.2. The number of hydrogen-bond acceptors (Lipinski definition) is 5. The highest BCUT2D eigenvalue weighted by Gasteiger charge is 2.60. The lowest BCUT2D eigenvalue weighted by atomic mass is 9.62. The Bertz CT molecular complexity index is 1210. The molecule has 2 aliphatic rings. The second kappa shape index (κ2) is 7.34. The maximum absolute atomic E-state index is 13.8. The molecule has 6 nitrogen and oxygen atoms in total. The number of amides is 1. The summed E-state index contributed by atoms with van der Waals surface area (Å²) < 4.78 is 33.6. The zero-order valence-corrected chi connectivity index (χ0v) is 18.8. The molecule has 0 unspecified atom stereocenters. The third kappa shape index (κ3) is 3.02. The van der Waals surface area contributed by atoms with Crippen LogP contribution >= 0.6 is 0 Å². The number of carbonyl (C=O) groups excluding carboxylic acids is 2. The molecular formula is C24H25NO5S. The van der Waals surface area contributed by atoms with Crippen LogP contribution in [-0.4, -0.2) is 37.8 Å². The molecule has 0 aromatic heterocycles. The van der Waals surface area contributed by atoms with E-state index in [2.05, 4.69) is 0 Å². The standard InChI is InChI=1S/C24H25NO5S/c1-15-9-11-18(12-10-15)31(28,29)25-21-13-16(2)17(3)14-24(21,23(27)30-4)20-8-6-5-7-19(20)22(25)26/h5-12,21H,13-14H2,1-4H3/t21-,24+/m0/s1. The molecule has 1 amide bonds. The Kier molecular flexibility index (Phi) is 5.04. The second-order valence-corrected chi connectivity index (χ2v) is 10.2. The molecule has 0 fully saturated rings. The summed E-state index contributed by atoms with van der Waals surface area (Å²) in [6.07, 6.45) is 0.562. The number of methoxy groups -OCH3 is 1. The van der Waals surface area contributed by atoms with Crippen molar-refractivity contribution in [2.75, 3.05) is 7.11 Å². The molecule has 1 aliphatic heterocycles. The van der Waals surface area contributed by atoms with E-state index in [0.717, 1.165) is 21.0 Å². The molecule has 7 heteroatoms. The van der Waals surface area contributed by atoms with Gasteiger partial charge >= 0.3 is 5.97 Å². The van der Waals surface area contributed by atoms with Gasteiger partial charge in [-0.05, 0) is 57.4 Å². The van der Waals surface area contributed by atoms with E-state index in [1.807, 2.05) is 20.8 Å². The average molecular weight is 440 g/mol. The van der Waals surface area contributed by atoms with E-state index in [1.165, 1.54) is 19.2 Å². The first-order chi connectivity index (χ1) is 14.6. The maximum Gasteiger partial charge on any atom is 0.318 e. The van der Waals surface area contributed by atoms with Crippen molar-refractivity contribution in [2.45, 2.75) is 50.0 Å². The van der Waals surface area contributed by atoms with Gasteiger partial charge in [-0.2, -0.15) is 0 Å². The van der Waals surface area contributed by atoms with Crippen molar-refractivity contribution < 1.29 is 22.7 Å². The van der Waals surface area contributed by atoms with Gasteiger partial charge in [0.15, 0.2) is 0 Å². The molecule has 0 N–H and O–H groups in total. The number of esters is 1. The van der Waals surface area contributed by atoms with Gasteiger partial charge in [0, 0.05) is 5.56 Å². The zero-order chi connectivity index (χ0) is 22.6. The Morgan fingerprint density at radius 2 is 1.68 bits per heavy atom. The fourth-order valence-corrected chi connectivity index (χ4v) is 6.42. The van der Waals surface area contributed by atoms with Gasteiger partial charge in [0.2, 0.25) is 0 Å². The number of nitrogens with zero attached hydrogens (tertiary/aromatic N) is 1. The molecule has 2 aromatic rings. The van der Waals surface area contributed by atoms with Gasteiger partial charge in [-0.15, -0.1) is 0 Å². The smallest absolute Gasteiger partial charge is 0.318 e. The molecule has 4 rings (SSSR count). The van der Waals surface area contributed by atoms with Gasteiger partial charge in [-0.25, -0.2) is 12.7 Å². The third-order valence-electron chi connectivity index (χ3n) is 6.59. The molecule has 31 heavy (non-hydrogen) atoms. The van der Waals surface area contributed by atoms with Crippen LogP contribution in [0.3, 0.4) is 0 Å². The van der Waals surface area contributed by atoms with E-state index in [4.69, 9.17) is 4.74 Å². The Labute approximate surface area is 182 Å². The number of hydrogen-bond donors (Lipinski definition) is 0. The molecule has 2 atom stereocenters. The van der Waals surface area contributed by atoms with Gasteiger partial charge in [-0.1, -0.05) is 47.0 Å². The first-order valence-corrected chi connectivity index (χ1v) is 11.6. The Hall–Kier alpha value is -2.93. The van der Waals surface area contributed by atoms with Crippen molar-refractivity contribution in [3.8, 4) is 0 Å². The zero-order valence-electron chi connectivity index (χ0n) is 18.0.